The van der Waals surface area contributed by atoms with E-state index in [0.29, 0.717) is 6.42 Å². The summed E-state index contributed by atoms with van der Waals surface area (Å²) in [6, 6.07) is 13.4. The van der Waals surface area contributed by atoms with Crippen molar-refractivity contribution in [2.75, 3.05) is 0 Å². The van der Waals surface area contributed by atoms with E-state index < -0.39 is 11.5 Å². The largest absolute Gasteiger partial charge is 0.480 e. The van der Waals surface area contributed by atoms with E-state index in [1.54, 1.807) is 6.92 Å². The molecule has 108 valence electrons. The van der Waals surface area contributed by atoms with Crippen molar-refractivity contribution in [1.29, 1.82) is 0 Å². The maximum absolute atomic E-state index is 11.4. The SMILES string of the molecule is CCC(N)(Cc1cccc2oc3ccccc3c12)C(=O)O. The highest BCUT2D eigenvalue weighted by Gasteiger charge is 2.33. The predicted octanol–water partition coefficient (Wildman–Crippen LogP) is 3.32. The van der Waals surface area contributed by atoms with Gasteiger partial charge in [-0.3, -0.25) is 4.79 Å². The lowest BCUT2D eigenvalue weighted by molar-refractivity contribution is -0.143. The van der Waals surface area contributed by atoms with Crippen LogP contribution in [0.4, 0.5) is 0 Å². The molecule has 1 unspecified atom stereocenters. The van der Waals surface area contributed by atoms with Crippen LogP contribution < -0.4 is 5.73 Å². The van der Waals surface area contributed by atoms with E-state index in [1.807, 2.05) is 42.5 Å². The van der Waals surface area contributed by atoms with Gasteiger partial charge in [0.15, 0.2) is 0 Å². The Morgan fingerprint density at radius 1 is 1.19 bits per heavy atom. The minimum absolute atomic E-state index is 0.277. The van der Waals surface area contributed by atoms with Gasteiger partial charge in [-0.05, 0) is 24.1 Å². The maximum Gasteiger partial charge on any atom is 0.324 e. The molecule has 1 aromatic heterocycles. The van der Waals surface area contributed by atoms with Crippen LogP contribution in [0, 0.1) is 0 Å². The third kappa shape index (κ3) is 2.17. The van der Waals surface area contributed by atoms with Crippen molar-refractivity contribution in [2.24, 2.45) is 5.73 Å². The summed E-state index contributed by atoms with van der Waals surface area (Å²) in [5, 5.41) is 11.3. The van der Waals surface area contributed by atoms with E-state index in [0.717, 1.165) is 27.5 Å². The summed E-state index contributed by atoms with van der Waals surface area (Å²) in [6.07, 6.45) is 0.647. The van der Waals surface area contributed by atoms with Crippen molar-refractivity contribution in [2.45, 2.75) is 25.3 Å². The quantitative estimate of drug-likeness (QED) is 0.770. The second-order valence-corrected chi connectivity index (χ2v) is 5.38. The summed E-state index contributed by atoms with van der Waals surface area (Å²) in [6.45, 7) is 1.79. The molecule has 3 aromatic rings. The van der Waals surface area contributed by atoms with Gasteiger partial charge >= 0.3 is 5.97 Å². The van der Waals surface area contributed by atoms with Crippen molar-refractivity contribution in [3.8, 4) is 0 Å². The second-order valence-electron chi connectivity index (χ2n) is 5.38. The summed E-state index contributed by atoms with van der Waals surface area (Å²) in [4.78, 5) is 11.4. The maximum atomic E-state index is 11.4. The number of furan rings is 1. The first kappa shape index (κ1) is 13.6. The van der Waals surface area contributed by atoms with Crippen LogP contribution >= 0.6 is 0 Å². The molecule has 3 rings (SSSR count). The fourth-order valence-electron chi connectivity index (χ4n) is 2.69. The Hall–Kier alpha value is -2.33. The zero-order valence-corrected chi connectivity index (χ0v) is 11.8. The average molecular weight is 283 g/mol. The van der Waals surface area contributed by atoms with E-state index in [9.17, 15) is 9.90 Å². The minimum Gasteiger partial charge on any atom is -0.480 e. The van der Waals surface area contributed by atoms with Crippen molar-refractivity contribution < 1.29 is 14.3 Å². The lowest BCUT2D eigenvalue weighted by Gasteiger charge is -2.23. The fourth-order valence-corrected chi connectivity index (χ4v) is 2.69. The number of aliphatic carboxylic acids is 1. The lowest BCUT2D eigenvalue weighted by Crippen LogP contribution is -2.49. The molecule has 0 saturated carbocycles. The van der Waals surface area contributed by atoms with Crippen molar-refractivity contribution in [1.82, 2.24) is 0 Å². The first-order valence-electron chi connectivity index (χ1n) is 6.96. The van der Waals surface area contributed by atoms with E-state index in [-0.39, 0.29) is 6.42 Å². The zero-order chi connectivity index (χ0) is 15.0. The Bertz CT molecular complexity index is 821. The van der Waals surface area contributed by atoms with Gasteiger partial charge in [0, 0.05) is 17.2 Å². The van der Waals surface area contributed by atoms with Crippen LogP contribution in [0.25, 0.3) is 21.9 Å². The molecule has 1 heterocycles. The highest BCUT2D eigenvalue weighted by Crippen LogP contribution is 2.32. The normalized spacial score (nSPS) is 14.4. The molecule has 0 aliphatic heterocycles. The Labute approximate surface area is 122 Å². The number of hydrogen-bond acceptors (Lipinski definition) is 3. The standard InChI is InChI=1S/C17H17NO3/c1-2-17(18,16(19)20)10-11-6-5-9-14-15(11)12-7-3-4-8-13(12)21-14/h3-9H,2,10,18H2,1H3,(H,19,20). The number of fused-ring (bicyclic) bond motifs is 3. The van der Waals surface area contributed by atoms with Crippen molar-refractivity contribution in [3.63, 3.8) is 0 Å². The second kappa shape index (κ2) is 4.90. The average Bonchev–Trinajstić information content (AvgIpc) is 2.86. The van der Waals surface area contributed by atoms with Crippen LogP contribution in [-0.4, -0.2) is 16.6 Å². The van der Waals surface area contributed by atoms with Crippen LogP contribution in [-0.2, 0) is 11.2 Å². The van der Waals surface area contributed by atoms with Gasteiger partial charge in [0.25, 0.3) is 0 Å². The fraction of sp³-hybridized carbons (Fsp3) is 0.235. The zero-order valence-electron chi connectivity index (χ0n) is 11.8. The van der Waals surface area contributed by atoms with Gasteiger partial charge in [-0.1, -0.05) is 37.3 Å². The van der Waals surface area contributed by atoms with Crippen LogP contribution in [0.15, 0.2) is 46.9 Å². The van der Waals surface area contributed by atoms with Crippen molar-refractivity contribution >= 4 is 27.9 Å². The van der Waals surface area contributed by atoms with E-state index >= 15 is 0 Å². The molecule has 0 spiro atoms. The Morgan fingerprint density at radius 2 is 1.90 bits per heavy atom. The molecule has 0 amide bonds. The third-order valence-electron chi connectivity index (χ3n) is 4.05. The van der Waals surface area contributed by atoms with E-state index in [2.05, 4.69) is 0 Å². The van der Waals surface area contributed by atoms with Gasteiger partial charge in [0.2, 0.25) is 0 Å². The molecule has 2 aromatic carbocycles. The van der Waals surface area contributed by atoms with E-state index in [4.69, 9.17) is 10.2 Å². The number of carbonyl (C=O) groups is 1. The topological polar surface area (TPSA) is 76.5 Å². The smallest absolute Gasteiger partial charge is 0.324 e. The molecule has 4 nitrogen and oxygen atoms in total. The van der Waals surface area contributed by atoms with Gasteiger partial charge in [0.05, 0.1) is 0 Å². The first-order chi connectivity index (χ1) is 10.0. The van der Waals surface area contributed by atoms with Gasteiger partial charge in [0.1, 0.15) is 16.7 Å². The first-order valence-corrected chi connectivity index (χ1v) is 6.96. The summed E-state index contributed by atoms with van der Waals surface area (Å²) in [5.41, 5.74) is 7.26. The van der Waals surface area contributed by atoms with Crippen LogP contribution in [0.3, 0.4) is 0 Å². The highest BCUT2D eigenvalue weighted by atomic mass is 16.4. The number of para-hydroxylation sites is 1. The number of rotatable bonds is 4. The molecule has 21 heavy (non-hydrogen) atoms. The molecule has 3 N–H and O–H groups in total. The Balaban J connectivity index is 2.21. The highest BCUT2D eigenvalue weighted by molar-refractivity contribution is 6.06. The molecule has 0 fully saturated rings. The van der Waals surface area contributed by atoms with Crippen LogP contribution in [0.1, 0.15) is 18.9 Å². The van der Waals surface area contributed by atoms with Gasteiger partial charge in [-0.2, -0.15) is 0 Å². The number of carboxylic acid groups (broad SMARTS) is 1. The molecule has 0 aliphatic rings. The molecular formula is C17H17NO3. The molecule has 0 radical (unpaired) electrons. The molecule has 0 aliphatic carbocycles. The molecule has 4 heteroatoms. The molecular weight excluding hydrogens is 266 g/mol. The number of nitrogens with two attached hydrogens (primary N) is 1. The van der Waals surface area contributed by atoms with Gasteiger partial charge < -0.3 is 15.3 Å². The summed E-state index contributed by atoms with van der Waals surface area (Å²) < 4.78 is 5.81. The third-order valence-corrected chi connectivity index (χ3v) is 4.05. The summed E-state index contributed by atoms with van der Waals surface area (Å²) in [5.74, 6) is -0.977. The molecule has 0 bridgehead atoms. The number of benzene rings is 2. The summed E-state index contributed by atoms with van der Waals surface area (Å²) in [7, 11) is 0. The predicted molar refractivity (Wildman–Crippen MR) is 82.3 cm³/mol. The molecule has 0 saturated heterocycles. The minimum atomic E-state index is -1.26. The Morgan fingerprint density at radius 3 is 2.62 bits per heavy atom. The van der Waals surface area contributed by atoms with Gasteiger partial charge in [-0.25, -0.2) is 0 Å². The number of carboxylic acids is 1. The van der Waals surface area contributed by atoms with Crippen LogP contribution in [0.5, 0.6) is 0 Å². The Kier molecular flexibility index (Phi) is 3.18. The van der Waals surface area contributed by atoms with E-state index in [1.165, 1.54) is 0 Å². The molecule has 1 atom stereocenters. The van der Waals surface area contributed by atoms with Crippen LogP contribution in [0.2, 0.25) is 0 Å². The number of hydrogen-bond donors (Lipinski definition) is 2. The van der Waals surface area contributed by atoms with Crippen molar-refractivity contribution in [3.05, 3.63) is 48.0 Å². The monoisotopic (exact) mass is 283 g/mol. The lowest BCUT2D eigenvalue weighted by atomic mass is 9.87. The summed E-state index contributed by atoms with van der Waals surface area (Å²) >= 11 is 0. The van der Waals surface area contributed by atoms with Gasteiger partial charge in [-0.15, -0.1) is 0 Å².